The highest BCUT2D eigenvalue weighted by molar-refractivity contribution is 5.88. The molecule has 0 aromatic carbocycles. The van der Waals surface area contributed by atoms with Crippen molar-refractivity contribution in [3.8, 4) is 0 Å². The number of carbonyl (C=O) groups is 2. The molecule has 0 radical (unpaired) electrons. The minimum Gasteiger partial charge on any atom is -0.545 e. The molecule has 0 amide bonds. The quantitative estimate of drug-likeness (QED) is 0.382. The van der Waals surface area contributed by atoms with E-state index in [9.17, 15) is 14.7 Å². The van der Waals surface area contributed by atoms with E-state index in [1.807, 2.05) is 0 Å². The first-order chi connectivity index (χ1) is 11.9. The van der Waals surface area contributed by atoms with Gasteiger partial charge in [-0.2, -0.15) is 0 Å². The van der Waals surface area contributed by atoms with E-state index in [0.29, 0.717) is 12.2 Å². The summed E-state index contributed by atoms with van der Waals surface area (Å²) in [6.07, 6.45) is 12.0. The van der Waals surface area contributed by atoms with E-state index >= 15 is 0 Å². The minimum atomic E-state index is -1.51. The van der Waals surface area contributed by atoms with Crippen LogP contribution in [0.1, 0.15) is 79.1 Å². The van der Waals surface area contributed by atoms with E-state index in [2.05, 4.69) is 27.7 Å². The largest absolute Gasteiger partial charge is 0.545 e. The molecule has 0 heterocycles. The Hall–Kier alpha value is -1.36. The number of nitrogens with zero attached hydrogens (tertiary/aromatic N) is 1. The van der Waals surface area contributed by atoms with Gasteiger partial charge in [-0.15, -0.1) is 0 Å². The fourth-order valence-corrected chi connectivity index (χ4v) is 2.78. The third-order valence-electron chi connectivity index (χ3n) is 4.31. The number of carboxylic acid groups (broad SMARTS) is 2. The summed E-state index contributed by atoms with van der Waals surface area (Å²) in [6.45, 7) is 15.0. The zero-order chi connectivity index (χ0) is 19.6. The molecule has 0 aromatic rings. The SMILES string of the molecule is CCCC[N+](CCCC)(CCCC)CCCC.O=C([O-])/C=C\C(=O)O. The summed E-state index contributed by atoms with van der Waals surface area (Å²) in [7, 11) is 0. The van der Waals surface area contributed by atoms with Crippen LogP contribution < -0.4 is 5.11 Å². The van der Waals surface area contributed by atoms with Gasteiger partial charge < -0.3 is 19.5 Å². The Morgan fingerprint density at radius 2 is 1.08 bits per heavy atom. The lowest BCUT2D eigenvalue weighted by Gasteiger charge is -2.39. The molecule has 25 heavy (non-hydrogen) atoms. The molecule has 0 rings (SSSR count). The van der Waals surface area contributed by atoms with Crippen molar-refractivity contribution in [2.45, 2.75) is 79.1 Å². The van der Waals surface area contributed by atoms with Crippen molar-refractivity contribution in [2.75, 3.05) is 26.2 Å². The molecular formula is C20H39NO4. The summed E-state index contributed by atoms with van der Waals surface area (Å²) in [5, 5.41) is 17.2. The topological polar surface area (TPSA) is 77.4 Å². The van der Waals surface area contributed by atoms with Gasteiger partial charge in [0.1, 0.15) is 0 Å². The predicted molar refractivity (Wildman–Crippen MR) is 101 cm³/mol. The zero-order valence-electron chi connectivity index (χ0n) is 16.8. The van der Waals surface area contributed by atoms with Gasteiger partial charge in [0.15, 0.2) is 0 Å². The second kappa shape index (κ2) is 17.5. The molecule has 148 valence electrons. The first-order valence-electron chi connectivity index (χ1n) is 9.84. The number of unbranched alkanes of at least 4 members (excludes halogenated alkanes) is 4. The summed E-state index contributed by atoms with van der Waals surface area (Å²) in [5.74, 6) is -2.80. The maximum atomic E-state index is 9.53. The molecule has 0 aromatic heterocycles. The van der Waals surface area contributed by atoms with Gasteiger partial charge in [-0.05, 0) is 31.8 Å². The second-order valence-electron chi connectivity index (χ2n) is 6.64. The maximum absolute atomic E-state index is 9.53. The summed E-state index contributed by atoms with van der Waals surface area (Å²) >= 11 is 0. The van der Waals surface area contributed by atoms with Crippen LogP contribution in [0.3, 0.4) is 0 Å². The van der Waals surface area contributed by atoms with Gasteiger partial charge in [-0.3, -0.25) is 0 Å². The van der Waals surface area contributed by atoms with Gasteiger partial charge in [-0.1, -0.05) is 53.4 Å². The number of carboxylic acids is 2. The van der Waals surface area contributed by atoms with Crippen molar-refractivity contribution < 1.29 is 24.3 Å². The van der Waals surface area contributed by atoms with Crippen LogP contribution in [0.15, 0.2) is 12.2 Å². The van der Waals surface area contributed by atoms with Gasteiger partial charge in [-0.25, -0.2) is 4.79 Å². The smallest absolute Gasteiger partial charge is 0.328 e. The summed E-state index contributed by atoms with van der Waals surface area (Å²) in [4.78, 5) is 19.0. The first kappa shape index (κ1) is 25.9. The molecule has 0 unspecified atom stereocenters. The minimum absolute atomic E-state index is 0.447. The number of quaternary nitrogens is 1. The lowest BCUT2D eigenvalue weighted by Crippen LogP contribution is -2.50. The van der Waals surface area contributed by atoms with Crippen LogP contribution in [0.5, 0.6) is 0 Å². The number of rotatable bonds is 14. The van der Waals surface area contributed by atoms with Crippen molar-refractivity contribution >= 4 is 11.9 Å². The highest BCUT2D eigenvalue weighted by atomic mass is 16.4. The average molecular weight is 358 g/mol. The number of hydrogen-bond acceptors (Lipinski definition) is 3. The van der Waals surface area contributed by atoms with Crippen LogP contribution in [0.4, 0.5) is 0 Å². The number of hydrogen-bond donors (Lipinski definition) is 1. The Morgan fingerprint density at radius 1 is 0.760 bits per heavy atom. The van der Waals surface area contributed by atoms with Crippen molar-refractivity contribution in [3.05, 3.63) is 12.2 Å². The lowest BCUT2D eigenvalue weighted by atomic mass is 10.1. The summed E-state index contributed by atoms with van der Waals surface area (Å²) in [5.41, 5.74) is 0. The molecule has 0 spiro atoms. The molecule has 0 bridgehead atoms. The molecule has 0 atom stereocenters. The van der Waals surface area contributed by atoms with Crippen molar-refractivity contribution in [1.29, 1.82) is 0 Å². The molecule has 1 N–H and O–H groups in total. The van der Waals surface area contributed by atoms with Crippen LogP contribution in [-0.2, 0) is 9.59 Å². The fraction of sp³-hybridized carbons (Fsp3) is 0.800. The van der Waals surface area contributed by atoms with Gasteiger partial charge >= 0.3 is 5.97 Å². The van der Waals surface area contributed by atoms with E-state index < -0.39 is 11.9 Å². The Bertz CT molecular complexity index is 313. The average Bonchev–Trinajstić information content (AvgIpc) is 2.59. The van der Waals surface area contributed by atoms with Crippen LogP contribution >= 0.6 is 0 Å². The molecule has 0 fully saturated rings. The molecule has 0 saturated heterocycles. The predicted octanol–water partition coefficient (Wildman–Crippen LogP) is 3.38. The normalized spacial score (nSPS) is 11.2. The standard InChI is InChI=1S/C16H36N.C4H4O4/c1-5-9-13-17(14-10-6-2,15-11-7-3)16-12-8-4;5-3(6)1-2-4(7)8/h5-16H2,1-4H3;1-2H,(H,5,6)(H,7,8)/q+1;/p-1/b;2-1-. The van der Waals surface area contributed by atoms with E-state index in [0.717, 1.165) is 0 Å². The highest BCUT2D eigenvalue weighted by Crippen LogP contribution is 2.16. The van der Waals surface area contributed by atoms with E-state index in [-0.39, 0.29) is 0 Å². The maximum Gasteiger partial charge on any atom is 0.328 e. The Labute approximate surface area is 154 Å². The molecular weight excluding hydrogens is 318 g/mol. The summed E-state index contributed by atoms with van der Waals surface area (Å²) in [6, 6.07) is 0. The van der Waals surface area contributed by atoms with Crippen LogP contribution in [0.2, 0.25) is 0 Å². The van der Waals surface area contributed by atoms with E-state index in [1.54, 1.807) is 0 Å². The Morgan fingerprint density at radius 3 is 1.24 bits per heavy atom. The number of aliphatic carboxylic acids is 2. The zero-order valence-corrected chi connectivity index (χ0v) is 16.8. The molecule has 5 heteroatoms. The van der Waals surface area contributed by atoms with Gasteiger partial charge in [0.2, 0.25) is 0 Å². The first-order valence-corrected chi connectivity index (χ1v) is 9.84. The Kier molecular flexibility index (Phi) is 18.1. The van der Waals surface area contributed by atoms with Gasteiger partial charge in [0, 0.05) is 6.08 Å². The second-order valence-corrected chi connectivity index (χ2v) is 6.64. The monoisotopic (exact) mass is 357 g/mol. The Balaban J connectivity index is 0. The third kappa shape index (κ3) is 17.3. The van der Waals surface area contributed by atoms with Gasteiger partial charge in [0.25, 0.3) is 0 Å². The van der Waals surface area contributed by atoms with Crippen LogP contribution in [-0.4, -0.2) is 47.7 Å². The third-order valence-corrected chi connectivity index (χ3v) is 4.31. The molecule has 0 saturated carbocycles. The van der Waals surface area contributed by atoms with Crippen molar-refractivity contribution in [3.63, 3.8) is 0 Å². The number of carbonyl (C=O) groups excluding carboxylic acids is 1. The lowest BCUT2D eigenvalue weighted by molar-refractivity contribution is -0.929. The van der Waals surface area contributed by atoms with E-state index in [4.69, 9.17) is 5.11 Å². The summed E-state index contributed by atoms with van der Waals surface area (Å²) < 4.78 is 1.42. The van der Waals surface area contributed by atoms with E-state index in [1.165, 1.54) is 82.0 Å². The van der Waals surface area contributed by atoms with Crippen molar-refractivity contribution in [2.24, 2.45) is 0 Å². The fourth-order valence-electron chi connectivity index (χ4n) is 2.78. The highest BCUT2D eigenvalue weighted by Gasteiger charge is 2.24. The molecule has 0 aliphatic heterocycles. The molecule has 0 aliphatic rings. The van der Waals surface area contributed by atoms with Gasteiger partial charge in [0.05, 0.1) is 32.1 Å². The molecule has 5 nitrogen and oxygen atoms in total. The van der Waals surface area contributed by atoms with Crippen LogP contribution in [0, 0.1) is 0 Å². The van der Waals surface area contributed by atoms with Crippen molar-refractivity contribution in [1.82, 2.24) is 0 Å². The van der Waals surface area contributed by atoms with Crippen LogP contribution in [0.25, 0.3) is 0 Å². The molecule has 0 aliphatic carbocycles.